The van der Waals surface area contributed by atoms with Crippen molar-refractivity contribution in [2.75, 3.05) is 19.0 Å². The fourth-order valence-electron chi connectivity index (χ4n) is 2.82. The van der Waals surface area contributed by atoms with Crippen molar-refractivity contribution in [2.24, 2.45) is 0 Å². The second-order valence-corrected chi connectivity index (χ2v) is 11.1. The van der Waals surface area contributed by atoms with Gasteiger partial charge in [-0.2, -0.15) is 18.6 Å². The Morgan fingerprint density at radius 1 is 1.12 bits per heavy atom. The number of anilines is 1. The Bertz CT molecular complexity index is 1170. The van der Waals surface area contributed by atoms with Gasteiger partial charge in [0.15, 0.2) is 23.2 Å². The summed E-state index contributed by atoms with van der Waals surface area (Å²) in [5, 5.41) is 23.2. The van der Waals surface area contributed by atoms with E-state index in [1.807, 2.05) is 0 Å². The number of nitrogens with zero attached hydrogens (tertiary/aromatic N) is 4. The third-order valence-electron chi connectivity index (χ3n) is 4.06. The molecule has 186 valence electrons. The number of aliphatic hydroxyl groups is 2. The number of phosphoric ester groups is 1. The molecule has 1 aliphatic heterocycles. The van der Waals surface area contributed by atoms with Gasteiger partial charge in [-0.3, -0.25) is 9.09 Å². The van der Waals surface area contributed by atoms with E-state index in [-0.39, 0.29) is 22.3 Å². The van der Waals surface area contributed by atoms with Crippen molar-refractivity contribution in [3.63, 3.8) is 0 Å². The van der Waals surface area contributed by atoms with E-state index in [1.54, 1.807) is 7.05 Å². The van der Waals surface area contributed by atoms with Crippen molar-refractivity contribution in [2.45, 2.75) is 24.5 Å². The summed E-state index contributed by atoms with van der Waals surface area (Å²) in [6, 6.07) is 0. The first kappa shape index (κ1) is 26.5. The van der Waals surface area contributed by atoms with Gasteiger partial charge in [0.2, 0.25) is 5.28 Å². The number of fused-ring (bicyclic) bond motifs is 1. The zero-order chi connectivity index (χ0) is 24.8. The largest absolute Gasteiger partial charge is 0.490 e. The maximum atomic E-state index is 11.8. The van der Waals surface area contributed by atoms with E-state index in [2.05, 4.69) is 33.4 Å². The summed E-state index contributed by atoms with van der Waals surface area (Å²) in [6.07, 6.45) is -4.91. The number of aliphatic hydroxyl groups excluding tert-OH is 2. The molecule has 0 spiro atoms. The lowest BCUT2D eigenvalue weighted by molar-refractivity contribution is -0.0503. The molecule has 22 heteroatoms. The number of hydrogen-bond donors (Lipinski definition) is 7. The van der Waals surface area contributed by atoms with Gasteiger partial charge in [-0.15, -0.1) is 0 Å². The van der Waals surface area contributed by atoms with Crippen LogP contribution in [0.5, 0.6) is 0 Å². The van der Waals surface area contributed by atoms with Gasteiger partial charge in [0.05, 0.1) is 12.9 Å². The molecule has 3 heterocycles. The highest BCUT2D eigenvalue weighted by atomic mass is 35.5. The molecule has 1 aliphatic rings. The number of halogens is 1. The molecule has 6 atom stereocenters. The van der Waals surface area contributed by atoms with Crippen LogP contribution in [0.3, 0.4) is 0 Å². The van der Waals surface area contributed by atoms with Gasteiger partial charge < -0.3 is 39.8 Å². The van der Waals surface area contributed by atoms with E-state index in [1.165, 1.54) is 10.9 Å². The van der Waals surface area contributed by atoms with Crippen molar-refractivity contribution >= 4 is 52.1 Å². The molecule has 0 aromatic carbocycles. The Hall–Kier alpha value is -1.07. The summed E-state index contributed by atoms with van der Waals surface area (Å²) in [5.74, 6) is 0.265. The van der Waals surface area contributed by atoms with Crippen molar-refractivity contribution in [1.29, 1.82) is 0 Å². The molecule has 2 unspecified atom stereocenters. The molecule has 7 N–H and O–H groups in total. The molecule has 0 aliphatic carbocycles. The average Bonchev–Trinajstić information content (AvgIpc) is 3.18. The third-order valence-corrected chi connectivity index (χ3v) is 8.03. The SMILES string of the molecule is CNc1nc(Cl)nc2c1ncn2[C@@H]1O[C@H](COP(=O)(O)OP(=O)(O)OP(=O)(O)O)[C@@H](O)[C@H]1O. The van der Waals surface area contributed by atoms with Crippen molar-refractivity contribution in [3.8, 4) is 0 Å². The van der Waals surface area contributed by atoms with Gasteiger partial charge >= 0.3 is 23.5 Å². The van der Waals surface area contributed by atoms with Crippen LogP contribution in [-0.2, 0) is 31.6 Å². The van der Waals surface area contributed by atoms with E-state index in [4.69, 9.17) is 31.0 Å². The third kappa shape index (κ3) is 6.33. The van der Waals surface area contributed by atoms with Crippen LogP contribution in [-0.4, -0.2) is 81.3 Å². The second-order valence-electron chi connectivity index (χ2n) is 6.35. The number of ether oxygens (including phenoxy) is 1. The minimum Gasteiger partial charge on any atom is -0.387 e. The first-order chi connectivity index (χ1) is 15.1. The zero-order valence-electron chi connectivity index (χ0n) is 16.1. The van der Waals surface area contributed by atoms with Crippen LogP contribution in [0.15, 0.2) is 6.33 Å². The molecule has 1 fully saturated rings. The van der Waals surface area contributed by atoms with Crippen molar-refractivity contribution in [1.82, 2.24) is 19.5 Å². The van der Waals surface area contributed by atoms with E-state index in [0.717, 1.165) is 0 Å². The van der Waals surface area contributed by atoms with Crippen LogP contribution in [0.4, 0.5) is 5.82 Å². The normalized spacial score (nSPS) is 27.4. The van der Waals surface area contributed by atoms with Crippen LogP contribution < -0.4 is 5.32 Å². The summed E-state index contributed by atoms with van der Waals surface area (Å²) < 4.78 is 52.1. The van der Waals surface area contributed by atoms with Crippen LogP contribution >= 0.6 is 35.1 Å². The molecule has 2 aromatic rings. The summed E-state index contributed by atoms with van der Waals surface area (Å²) in [4.78, 5) is 47.7. The maximum absolute atomic E-state index is 11.8. The fraction of sp³-hybridized carbons (Fsp3) is 0.545. The lowest BCUT2D eigenvalue weighted by Crippen LogP contribution is -2.33. The second kappa shape index (κ2) is 9.53. The zero-order valence-corrected chi connectivity index (χ0v) is 19.6. The highest BCUT2D eigenvalue weighted by Crippen LogP contribution is 2.66. The summed E-state index contributed by atoms with van der Waals surface area (Å²) in [7, 11) is -15.2. The first-order valence-corrected chi connectivity index (χ1v) is 13.4. The molecule has 0 bridgehead atoms. The Morgan fingerprint density at radius 3 is 2.39 bits per heavy atom. The predicted octanol–water partition coefficient (Wildman–Crippen LogP) is -0.516. The number of hydrogen-bond acceptors (Lipinski definition) is 13. The minimum atomic E-state index is -5.71. The summed E-state index contributed by atoms with van der Waals surface area (Å²) in [6.45, 7) is -0.970. The van der Waals surface area contributed by atoms with E-state index < -0.39 is 54.6 Å². The van der Waals surface area contributed by atoms with E-state index in [0.29, 0.717) is 0 Å². The van der Waals surface area contributed by atoms with Crippen molar-refractivity contribution in [3.05, 3.63) is 11.6 Å². The Balaban J connectivity index is 1.73. The topological polar surface area (TPSA) is 265 Å². The molecule has 0 saturated carbocycles. The highest BCUT2D eigenvalue weighted by molar-refractivity contribution is 7.66. The van der Waals surface area contributed by atoms with E-state index >= 15 is 0 Å². The van der Waals surface area contributed by atoms with Gasteiger partial charge in [-0.25, -0.2) is 18.7 Å². The number of rotatable bonds is 9. The summed E-state index contributed by atoms with van der Waals surface area (Å²) >= 11 is 5.87. The molecule has 2 aromatic heterocycles. The molecule has 0 radical (unpaired) electrons. The highest BCUT2D eigenvalue weighted by Gasteiger charge is 2.47. The van der Waals surface area contributed by atoms with Crippen LogP contribution in [0, 0.1) is 0 Å². The Morgan fingerprint density at radius 2 is 1.79 bits per heavy atom. The van der Waals surface area contributed by atoms with Gasteiger partial charge in [-0.1, -0.05) is 0 Å². The minimum absolute atomic E-state index is 0.115. The summed E-state index contributed by atoms with van der Waals surface area (Å²) in [5.41, 5.74) is 0.369. The molecule has 3 rings (SSSR count). The van der Waals surface area contributed by atoms with Gasteiger partial charge in [-0.05, 0) is 11.6 Å². The van der Waals surface area contributed by atoms with Gasteiger partial charge in [0.25, 0.3) is 0 Å². The number of phosphoric acid groups is 3. The fourth-order valence-corrected chi connectivity index (χ4v) is 6.01. The first-order valence-electron chi connectivity index (χ1n) is 8.50. The Kier molecular flexibility index (Phi) is 7.66. The number of aromatic nitrogens is 4. The average molecular weight is 556 g/mol. The molecule has 1 saturated heterocycles. The van der Waals surface area contributed by atoms with Crippen molar-refractivity contribution < 1.29 is 61.4 Å². The number of nitrogens with one attached hydrogen (secondary N) is 1. The molecule has 0 amide bonds. The maximum Gasteiger partial charge on any atom is 0.490 e. The standard InChI is InChI=1S/C11H17ClN5O13P3/c1-13-8-5-9(16-11(12)15-8)17(3-14-5)10-7(19)6(18)4(28-10)2-27-32(23,24)30-33(25,26)29-31(20,21)22/h3-4,6-7,10,18-19H,2H2,1H3,(H,23,24)(H,25,26)(H,13,15,16)(H2,20,21,22)/t4-,6-,7-,10-/m1/s1. The molecule has 18 nitrogen and oxygen atoms in total. The van der Waals surface area contributed by atoms with Gasteiger partial charge in [0, 0.05) is 7.05 Å². The molecule has 33 heavy (non-hydrogen) atoms. The van der Waals surface area contributed by atoms with Gasteiger partial charge in [0.1, 0.15) is 18.3 Å². The van der Waals surface area contributed by atoms with Crippen LogP contribution in [0.2, 0.25) is 5.28 Å². The smallest absolute Gasteiger partial charge is 0.387 e. The lowest BCUT2D eigenvalue weighted by Gasteiger charge is -2.19. The predicted molar refractivity (Wildman–Crippen MR) is 106 cm³/mol. The van der Waals surface area contributed by atoms with Crippen LogP contribution in [0.25, 0.3) is 11.2 Å². The Labute approximate surface area is 188 Å². The monoisotopic (exact) mass is 555 g/mol. The van der Waals surface area contributed by atoms with E-state index in [9.17, 15) is 28.8 Å². The number of imidazole rings is 1. The lowest BCUT2D eigenvalue weighted by atomic mass is 10.1. The van der Waals surface area contributed by atoms with Crippen LogP contribution in [0.1, 0.15) is 6.23 Å². The quantitative estimate of drug-likeness (QED) is 0.151. The molecular formula is C11H17ClN5O13P3. The molecular weight excluding hydrogens is 539 g/mol.